The average Bonchev–Trinajstić information content (AvgIpc) is 2.57. The quantitative estimate of drug-likeness (QED) is 0.665. The van der Waals surface area contributed by atoms with Gasteiger partial charge < -0.3 is 10.6 Å². The normalized spacial score (nSPS) is 11.0. The smallest absolute Gasteiger partial charge is 0.261 e. The van der Waals surface area contributed by atoms with E-state index in [-0.39, 0.29) is 10.6 Å². The zero-order valence-corrected chi connectivity index (χ0v) is 15.0. The Morgan fingerprint density at radius 1 is 1.04 bits per heavy atom. The Hall–Kier alpha value is -2.26. The number of anilines is 2. The van der Waals surface area contributed by atoms with Crippen LogP contribution in [0.2, 0.25) is 0 Å². The van der Waals surface area contributed by atoms with Gasteiger partial charge in [0.2, 0.25) is 0 Å². The molecule has 0 heterocycles. The summed E-state index contributed by atoms with van der Waals surface area (Å²) in [5, 5.41) is 6.44. The van der Waals surface area contributed by atoms with E-state index in [2.05, 4.69) is 15.4 Å². The van der Waals surface area contributed by atoms with E-state index in [1.54, 1.807) is 12.1 Å². The fourth-order valence-corrected chi connectivity index (χ4v) is 3.18. The van der Waals surface area contributed by atoms with Gasteiger partial charge in [-0.25, -0.2) is 17.2 Å². The number of benzene rings is 2. The second-order valence-corrected chi connectivity index (χ2v) is 7.23. The molecule has 134 valence electrons. The van der Waals surface area contributed by atoms with Crippen LogP contribution in [0.15, 0.2) is 47.4 Å². The third kappa shape index (κ3) is 5.36. The number of sulfonamides is 1. The van der Waals surface area contributed by atoms with Crippen LogP contribution in [0, 0.1) is 11.6 Å². The highest BCUT2D eigenvalue weighted by Crippen LogP contribution is 2.20. The number of nitrogens with one attached hydrogen (secondary N) is 3. The maximum Gasteiger partial charge on any atom is 0.261 e. The summed E-state index contributed by atoms with van der Waals surface area (Å²) in [6.45, 7) is 2.77. The van der Waals surface area contributed by atoms with Crippen molar-refractivity contribution >= 4 is 38.7 Å². The molecule has 5 nitrogen and oxygen atoms in total. The van der Waals surface area contributed by atoms with Gasteiger partial charge in [-0.2, -0.15) is 0 Å². The lowest BCUT2D eigenvalue weighted by molar-refractivity contribution is 0.504. The molecule has 0 unspecified atom stereocenters. The first-order valence-electron chi connectivity index (χ1n) is 7.44. The van der Waals surface area contributed by atoms with Crippen molar-refractivity contribution in [2.45, 2.75) is 18.2 Å². The SMILES string of the molecule is CCCNC(=S)Nc1ccc(NS(=O)(=O)c2ccc(F)c(F)c2)cc1. The third-order valence-corrected chi connectivity index (χ3v) is 4.76. The van der Waals surface area contributed by atoms with Crippen LogP contribution in [0.25, 0.3) is 0 Å². The first kappa shape index (κ1) is 19.1. The molecule has 0 fully saturated rings. The van der Waals surface area contributed by atoms with E-state index in [0.717, 1.165) is 25.1 Å². The summed E-state index contributed by atoms with van der Waals surface area (Å²) in [5.41, 5.74) is 0.965. The molecular weight excluding hydrogens is 368 g/mol. The zero-order chi connectivity index (χ0) is 18.4. The fourth-order valence-electron chi connectivity index (χ4n) is 1.89. The molecule has 0 aromatic heterocycles. The van der Waals surface area contributed by atoms with E-state index in [9.17, 15) is 17.2 Å². The first-order valence-corrected chi connectivity index (χ1v) is 9.34. The Morgan fingerprint density at radius 3 is 2.28 bits per heavy atom. The largest absolute Gasteiger partial charge is 0.362 e. The van der Waals surface area contributed by atoms with Gasteiger partial charge in [-0.15, -0.1) is 0 Å². The molecule has 0 saturated heterocycles. The Labute approximate surface area is 150 Å². The van der Waals surface area contributed by atoms with Crippen LogP contribution >= 0.6 is 12.2 Å². The molecule has 0 amide bonds. The molecule has 0 aliphatic carbocycles. The van der Waals surface area contributed by atoms with Crippen LogP contribution in [0.1, 0.15) is 13.3 Å². The lowest BCUT2D eigenvalue weighted by atomic mass is 10.3. The molecule has 0 saturated carbocycles. The summed E-state index contributed by atoms with van der Waals surface area (Å²) < 4.78 is 52.8. The minimum absolute atomic E-state index is 0.280. The van der Waals surface area contributed by atoms with Gasteiger partial charge in [0.25, 0.3) is 10.0 Å². The second-order valence-electron chi connectivity index (χ2n) is 5.14. The zero-order valence-electron chi connectivity index (χ0n) is 13.3. The molecule has 0 aliphatic rings. The molecule has 2 rings (SSSR count). The van der Waals surface area contributed by atoms with Crippen molar-refractivity contribution in [3.05, 3.63) is 54.1 Å². The van der Waals surface area contributed by atoms with E-state index < -0.39 is 21.7 Å². The summed E-state index contributed by atoms with van der Waals surface area (Å²) in [6.07, 6.45) is 0.937. The molecule has 0 spiro atoms. The van der Waals surface area contributed by atoms with Gasteiger partial charge in [-0.1, -0.05) is 6.92 Å². The summed E-state index contributed by atoms with van der Waals surface area (Å²) in [5.74, 6) is -2.34. The van der Waals surface area contributed by atoms with E-state index >= 15 is 0 Å². The van der Waals surface area contributed by atoms with Gasteiger partial charge in [0, 0.05) is 17.9 Å². The molecule has 2 aromatic carbocycles. The van der Waals surface area contributed by atoms with E-state index in [1.165, 1.54) is 12.1 Å². The Kier molecular flexibility index (Phi) is 6.27. The molecule has 25 heavy (non-hydrogen) atoms. The number of hydrogen-bond acceptors (Lipinski definition) is 3. The first-order chi connectivity index (χ1) is 11.8. The predicted octanol–water partition coefficient (Wildman–Crippen LogP) is 3.46. The average molecular weight is 385 g/mol. The Bertz CT molecular complexity index is 856. The van der Waals surface area contributed by atoms with Crippen molar-refractivity contribution in [3.8, 4) is 0 Å². The maximum absolute atomic E-state index is 13.2. The summed E-state index contributed by atoms with van der Waals surface area (Å²) in [7, 11) is -4.02. The highest BCUT2D eigenvalue weighted by molar-refractivity contribution is 7.92. The molecule has 0 atom stereocenters. The monoisotopic (exact) mass is 385 g/mol. The van der Waals surface area contributed by atoms with E-state index in [1.807, 2.05) is 6.92 Å². The molecule has 9 heteroatoms. The van der Waals surface area contributed by atoms with E-state index in [4.69, 9.17) is 12.2 Å². The van der Waals surface area contributed by atoms with Crippen LogP contribution in [0.4, 0.5) is 20.2 Å². The van der Waals surface area contributed by atoms with Crippen LogP contribution < -0.4 is 15.4 Å². The molecular formula is C16H17F2N3O2S2. The van der Waals surface area contributed by atoms with Gasteiger partial charge in [0.1, 0.15) is 0 Å². The van der Waals surface area contributed by atoms with Crippen LogP contribution in [-0.4, -0.2) is 20.1 Å². The standard InChI is InChI=1S/C16H17F2N3O2S2/c1-2-9-19-16(24)20-11-3-5-12(6-4-11)21-25(22,23)13-7-8-14(17)15(18)10-13/h3-8,10,21H,2,9H2,1H3,(H2,19,20,24). The van der Waals surface area contributed by atoms with Gasteiger partial charge in [-0.3, -0.25) is 4.72 Å². The van der Waals surface area contributed by atoms with Gasteiger partial charge in [-0.05, 0) is 61.1 Å². The topological polar surface area (TPSA) is 70.2 Å². The molecule has 0 bridgehead atoms. The second kappa shape index (κ2) is 8.21. The maximum atomic E-state index is 13.2. The van der Waals surface area contributed by atoms with Crippen LogP contribution in [-0.2, 0) is 10.0 Å². The molecule has 0 radical (unpaired) electrons. The lowest BCUT2D eigenvalue weighted by Gasteiger charge is -2.11. The molecule has 0 aliphatic heterocycles. The van der Waals surface area contributed by atoms with Gasteiger partial charge in [0.05, 0.1) is 4.90 Å². The lowest BCUT2D eigenvalue weighted by Crippen LogP contribution is -2.28. The number of halogens is 2. The predicted molar refractivity (Wildman–Crippen MR) is 98.1 cm³/mol. The Morgan fingerprint density at radius 2 is 1.68 bits per heavy atom. The summed E-state index contributed by atoms with van der Waals surface area (Å²) >= 11 is 5.11. The van der Waals surface area contributed by atoms with Gasteiger partial charge >= 0.3 is 0 Å². The van der Waals surface area contributed by atoms with Crippen LogP contribution in [0.5, 0.6) is 0 Å². The number of thiocarbonyl (C=S) groups is 1. The van der Waals surface area contributed by atoms with Gasteiger partial charge in [0.15, 0.2) is 16.7 Å². The Balaban J connectivity index is 2.07. The number of hydrogen-bond donors (Lipinski definition) is 3. The van der Waals surface area contributed by atoms with Crippen molar-refractivity contribution < 1.29 is 17.2 Å². The molecule has 2 aromatic rings. The van der Waals surface area contributed by atoms with Crippen molar-refractivity contribution in [1.82, 2.24) is 5.32 Å². The third-order valence-electron chi connectivity index (χ3n) is 3.13. The summed E-state index contributed by atoms with van der Waals surface area (Å²) in [4.78, 5) is -0.362. The minimum atomic E-state index is -4.02. The van der Waals surface area contributed by atoms with Crippen LogP contribution in [0.3, 0.4) is 0 Å². The van der Waals surface area contributed by atoms with Crippen molar-refractivity contribution in [2.24, 2.45) is 0 Å². The summed E-state index contributed by atoms with van der Waals surface area (Å²) in [6, 6.07) is 8.73. The fraction of sp³-hybridized carbons (Fsp3) is 0.188. The van der Waals surface area contributed by atoms with E-state index in [0.29, 0.717) is 16.9 Å². The number of rotatable bonds is 6. The highest BCUT2D eigenvalue weighted by Gasteiger charge is 2.16. The van der Waals surface area contributed by atoms with Crippen molar-refractivity contribution in [1.29, 1.82) is 0 Å². The van der Waals surface area contributed by atoms with Crippen molar-refractivity contribution in [3.63, 3.8) is 0 Å². The van der Waals surface area contributed by atoms with Crippen molar-refractivity contribution in [2.75, 3.05) is 16.6 Å². The molecule has 3 N–H and O–H groups in total. The minimum Gasteiger partial charge on any atom is -0.362 e. The highest BCUT2D eigenvalue weighted by atomic mass is 32.2.